The van der Waals surface area contributed by atoms with Crippen LogP contribution >= 0.6 is 11.8 Å². The Balaban J connectivity index is 2.44. The average Bonchev–Trinajstić information content (AvgIpc) is 2.35. The van der Waals surface area contributed by atoms with Gasteiger partial charge < -0.3 is 4.90 Å². The summed E-state index contributed by atoms with van der Waals surface area (Å²) in [6, 6.07) is 2.13. The Morgan fingerprint density at radius 3 is 2.67 bits per heavy atom. The van der Waals surface area contributed by atoms with Crippen molar-refractivity contribution in [1.82, 2.24) is 4.90 Å². The van der Waals surface area contributed by atoms with E-state index in [-0.39, 0.29) is 5.91 Å². The Morgan fingerprint density at radius 1 is 1.44 bits per heavy atom. The summed E-state index contributed by atoms with van der Waals surface area (Å²) in [6.07, 6.45) is 3.46. The molecule has 1 rings (SSSR count). The van der Waals surface area contributed by atoms with Crippen molar-refractivity contribution in [3.05, 3.63) is 0 Å². The number of rotatable bonds is 6. The van der Waals surface area contributed by atoms with E-state index in [1.54, 1.807) is 0 Å². The molecule has 0 aromatic rings. The molecule has 1 amide bonds. The van der Waals surface area contributed by atoms with Gasteiger partial charge in [0.1, 0.15) is 0 Å². The Hall–Kier alpha value is -0.690. The molecule has 3 nitrogen and oxygen atoms in total. The van der Waals surface area contributed by atoms with E-state index < -0.39 is 0 Å². The Labute approximate surface area is 115 Å². The zero-order valence-electron chi connectivity index (χ0n) is 11.5. The van der Waals surface area contributed by atoms with Crippen LogP contribution in [0.3, 0.4) is 0 Å². The predicted molar refractivity (Wildman–Crippen MR) is 76.3 cm³/mol. The normalized spacial score (nSPS) is 16.6. The van der Waals surface area contributed by atoms with Crippen LogP contribution < -0.4 is 0 Å². The minimum atomic E-state index is 0.246. The largest absolute Gasteiger partial charge is 0.341 e. The molecule has 0 unspecified atom stereocenters. The number of amides is 1. The molecule has 1 fully saturated rings. The van der Waals surface area contributed by atoms with Gasteiger partial charge in [-0.1, -0.05) is 13.8 Å². The summed E-state index contributed by atoms with van der Waals surface area (Å²) in [7, 11) is 0. The summed E-state index contributed by atoms with van der Waals surface area (Å²) in [6.45, 7) is 5.60. The maximum absolute atomic E-state index is 12.3. The second kappa shape index (κ2) is 8.42. The van der Waals surface area contributed by atoms with Crippen molar-refractivity contribution in [3.8, 4) is 6.07 Å². The number of nitrogens with zero attached hydrogens (tertiary/aromatic N) is 2. The zero-order valence-corrected chi connectivity index (χ0v) is 12.3. The summed E-state index contributed by atoms with van der Waals surface area (Å²) in [4.78, 5) is 14.1. The Morgan fingerprint density at radius 2 is 2.11 bits per heavy atom. The number of carbonyl (C=O) groups excluding carboxylic acids is 1. The van der Waals surface area contributed by atoms with E-state index in [4.69, 9.17) is 5.26 Å². The van der Waals surface area contributed by atoms with Crippen molar-refractivity contribution in [2.24, 2.45) is 11.8 Å². The number of hydrogen-bond donors (Lipinski definition) is 0. The summed E-state index contributed by atoms with van der Waals surface area (Å²) < 4.78 is 0. The lowest BCUT2D eigenvalue weighted by Gasteiger charge is -2.27. The first-order valence-corrected chi connectivity index (χ1v) is 8.01. The fourth-order valence-corrected chi connectivity index (χ4v) is 3.47. The Bertz CT molecular complexity index is 293. The minimum absolute atomic E-state index is 0.246. The second-order valence-corrected chi connectivity index (χ2v) is 6.63. The van der Waals surface area contributed by atoms with E-state index in [9.17, 15) is 4.79 Å². The molecule has 0 aromatic heterocycles. The van der Waals surface area contributed by atoms with Crippen molar-refractivity contribution in [2.45, 2.75) is 39.5 Å². The molecule has 1 saturated heterocycles. The standard InChI is InChI=1S/C14H24N2OS/c1-12(2)11-16(7-3-6-15)14(17)10-13-4-8-18-9-5-13/h12-13H,3-5,7-11H2,1-2H3. The molecule has 0 aromatic carbocycles. The van der Waals surface area contributed by atoms with Gasteiger partial charge in [0.2, 0.25) is 5.91 Å². The van der Waals surface area contributed by atoms with Crippen molar-refractivity contribution >= 4 is 17.7 Å². The van der Waals surface area contributed by atoms with E-state index in [2.05, 4.69) is 19.9 Å². The van der Waals surface area contributed by atoms with Crippen LogP contribution in [0.4, 0.5) is 0 Å². The smallest absolute Gasteiger partial charge is 0.222 e. The van der Waals surface area contributed by atoms with Gasteiger partial charge in [-0.3, -0.25) is 4.79 Å². The first-order valence-electron chi connectivity index (χ1n) is 6.86. The van der Waals surface area contributed by atoms with Crippen LogP contribution in [-0.4, -0.2) is 35.4 Å². The molecular formula is C14H24N2OS. The van der Waals surface area contributed by atoms with E-state index in [0.29, 0.717) is 31.2 Å². The molecule has 4 heteroatoms. The molecule has 18 heavy (non-hydrogen) atoms. The molecule has 0 spiro atoms. The van der Waals surface area contributed by atoms with Crippen molar-refractivity contribution in [1.29, 1.82) is 5.26 Å². The summed E-state index contributed by atoms with van der Waals surface area (Å²) in [5.74, 6) is 3.67. The first kappa shape index (κ1) is 15.4. The lowest BCUT2D eigenvalue weighted by Crippen LogP contribution is -2.36. The quantitative estimate of drug-likeness (QED) is 0.744. The average molecular weight is 268 g/mol. The Kier molecular flexibility index (Phi) is 7.19. The van der Waals surface area contributed by atoms with Gasteiger partial charge in [0, 0.05) is 19.5 Å². The minimum Gasteiger partial charge on any atom is -0.341 e. The third-order valence-corrected chi connectivity index (χ3v) is 4.28. The highest BCUT2D eigenvalue weighted by Crippen LogP contribution is 2.26. The van der Waals surface area contributed by atoms with Crippen LogP contribution in [0, 0.1) is 23.2 Å². The summed E-state index contributed by atoms with van der Waals surface area (Å²) in [5, 5.41) is 8.66. The summed E-state index contributed by atoms with van der Waals surface area (Å²) in [5.41, 5.74) is 0. The highest BCUT2D eigenvalue weighted by molar-refractivity contribution is 7.99. The van der Waals surface area contributed by atoms with Gasteiger partial charge in [0.05, 0.1) is 12.5 Å². The lowest BCUT2D eigenvalue weighted by molar-refractivity contribution is -0.132. The topological polar surface area (TPSA) is 44.1 Å². The predicted octanol–water partition coefficient (Wildman–Crippen LogP) is 2.92. The van der Waals surface area contributed by atoms with E-state index in [1.807, 2.05) is 16.7 Å². The first-order chi connectivity index (χ1) is 8.63. The summed E-state index contributed by atoms with van der Waals surface area (Å²) >= 11 is 1.99. The molecule has 0 atom stereocenters. The van der Waals surface area contributed by atoms with Gasteiger partial charge >= 0.3 is 0 Å². The third-order valence-electron chi connectivity index (χ3n) is 3.24. The fraction of sp³-hybridized carbons (Fsp3) is 0.857. The van der Waals surface area contributed by atoms with E-state index in [1.165, 1.54) is 24.3 Å². The molecule has 102 valence electrons. The maximum Gasteiger partial charge on any atom is 0.222 e. The molecule has 0 aliphatic carbocycles. The van der Waals surface area contributed by atoms with Crippen LogP contribution in [0.2, 0.25) is 0 Å². The van der Waals surface area contributed by atoms with Crippen LogP contribution in [0.15, 0.2) is 0 Å². The van der Waals surface area contributed by atoms with Gasteiger partial charge in [-0.25, -0.2) is 0 Å². The highest BCUT2D eigenvalue weighted by Gasteiger charge is 2.21. The number of thioether (sulfide) groups is 1. The third kappa shape index (κ3) is 5.77. The van der Waals surface area contributed by atoms with Crippen LogP contribution in [0.25, 0.3) is 0 Å². The van der Waals surface area contributed by atoms with Gasteiger partial charge in [-0.05, 0) is 36.2 Å². The van der Waals surface area contributed by atoms with E-state index >= 15 is 0 Å². The fourth-order valence-electron chi connectivity index (χ4n) is 2.27. The van der Waals surface area contributed by atoms with Gasteiger partial charge in [-0.2, -0.15) is 17.0 Å². The lowest BCUT2D eigenvalue weighted by atomic mass is 9.98. The number of hydrogen-bond acceptors (Lipinski definition) is 3. The van der Waals surface area contributed by atoms with Gasteiger partial charge in [-0.15, -0.1) is 0 Å². The van der Waals surface area contributed by atoms with Gasteiger partial charge in [0.25, 0.3) is 0 Å². The molecule has 0 N–H and O–H groups in total. The molecule has 1 aliphatic rings. The van der Waals surface area contributed by atoms with Crippen LogP contribution in [0.5, 0.6) is 0 Å². The van der Waals surface area contributed by atoms with Crippen molar-refractivity contribution in [2.75, 3.05) is 24.6 Å². The molecule has 0 bridgehead atoms. The number of carbonyl (C=O) groups is 1. The molecule has 1 aliphatic heterocycles. The zero-order chi connectivity index (χ0) is 13.4. The van der Waals surface area contributed by atoms with Crippen molar-refractivity contribution < 1.29 is 4.79 Å². The SMILES string of the molecule is CC(C)CN(CCC#N)C(=O)CC1CCSCC1. The maximum atomic E-state index is 12.3. The molecular weight excluding hydrogens is 244 g/mol. The molecule has 0 saturated carbocycles. The molecule has 0 radical (unpaired) electrons. The van der Waals surface area contributed by atoms with Gasteiger partial charge in [0.15, 0.2) is 0 Å². The van der Waals surface area contributed by atoms with Crippen LogP contribution in [0.1, 0.15) is 39.5 Å². The second-order valence-electron chi connectivity index (χ2n) is 5.40. The van der Waals surface area contributed by atoms with Crippen LogP contribution in [-0.2, 0) is 4.79 Å². The van der Waals surface area contributed by atoms with Crippen molar-refractivity contribution in [3.63, 3.8) is 0 Å². The number of nitriles is 1. The monoisotopic (exact) mass is 268 g/mol. The molecule has 1 heterocycles. The highest BCUT2D eigenvalue weighted by atomic mass is 32.2. The van der Waals surface area contributed by atoms with E-state index in [0.717, 1.165) is 6.54 Å².